The van der Waals surface area contributed by atoms with Gasteiger partial charge in [0, 0.05) is 51.9 Å². The van der Waals surface area contributed by atoms with E-state index in [0.717, 1.165) is 26.1 Å². The van der Waals surface area contributed by atoms with Gasteiger partial charge in [0.05, 0.1) is 0 Å². The Bertz CT molecular complexity index is 713. The molecule has 2 heterocycles. The van der Waals surface area contributed by atoms with E-state index in [9.17, 15) is 9.90 Å². The Morgan fingerprint density at radius 1 is 1.19 bits per heavy atom. The number of nitrogens with zero attached hydrogens (tertiary/aromatic N) is 2. The summed E-state index contributed by atoms with van der Waals surface area (Å²) >= 11 is 0. The van der Waals surface area contributed by atoms with Crippen LogP contribution in [0.1, 0.15) is 39.2 Å². The summed E-state index contributed by atoms with van der Waals surface area (Å²) in [4.78, 5) is 17.6. The van der Waals surface area contributed by atoms with Crippen molar-refractivity contribution in [3.63, 3.8) is 0 Å². The summed E-state index contributed by atoms with van der Waals surface area (Å²) in [7, 11) is 0. The fourth-order valence-electron chi connectivity index (χ4n) is 4.62. The molecule has 172 valence electrons. The Kier molecular flexibility index (Phi) is 8.93. The number of hydrogen-bond donors (Lipinski definition) is 1. The number of hydrogen-bond acceptors (Lipinski definition) is 5. The maximum atomic E-state index is 13.3. The fourth-order valence-corrected chi connectivity index (χ4v) is 4.62. The van der Waals surface area contributed by atoms with Crippen molar-refractivity contribution in [1.82, 2.24) is 9.80 Å². The zero-order valence-electron chi connectivity index (χ0n) is 19.2. The van der Waals surface area contributed by atoms with Crippen molar-refractivity contribution in [3.05, 3.63) is 47.7 Å². The van der Waals surface area contributed by atoms with E-state index in [1.165, 1.54) is 5.56 Å². The smallest absolute Gasteiger partial charge is 0.288 e. The summed E-state index contributed by atoms with van der Waals surface area (Å²) < 4.78 is 12.0. The molecule has 6 heteroatoms. The number of rotatable bonds is 9. The standard InChI is InChI=1S/C25H38N2O4/c1-4-30-25-21(11-8-16-28)22(19(2)3)17-23(31-25)24(29)27-14-12-26(13-15-27)18-20-9-6-5-7-10-20/h5-7,9-10,17,19,21-22,25,28H,4,8,11-16,18H2,1-3H3/t21-,22+,25+/m0/s1. The molecule has 0 bridgehead atoms. The number of aliphatic hydroxyl groups is 1. The maximum absolute atomic E-state index is 13.3. The van der Waals surface area contributed by atoms with Crippen LogP contribution in [0.2, 0.25) is 0 Å². The molecular weight excluding hydrogens is 392 g/mol. The highest BCUT2D eigenvalue weighted by Crippen LogP contribution is 2.37. The van der Waals surface area contributed by atoms with E-state index >= 15 is 0 Å². The van der Waals surface area contributed by atoms with Crippen LogP contribution in [0, 0.1) is 17.8 Å². The number of amides is 1. The third-order valence-electron chi connectivity index (χ3n) is 6.35. The lowest BCUT2D eigenvalue weighted by atomic mass is 9.78. The van der Waals surface area contributed by atoms with Gasteiger partial charge in [-0.05, 0) is 43.2 Å². The van der Waals surface area contributed by atoms with Crippen molar-refractivity contribution >= 4 is 5.91 Å². The number of allylic oxidation sites excluding steroid dienone is 1. The number of piperazine rings is 1. The van der Waals surface area contributed by atoms with Gasteiger partial charge >= 0.3 is 0 Å². The summed E-state index contributed by atoms with van der Waals surface area (Å²) in [6.07, 6.45) is 3.11. The number of carbonyl (C=O) groups is 1. The summed E-state index contributed by atoms with van der Waals surface area (Å²) in [5.41, 5.74) is 1.30. The van der Waals surface area contributed by atoms with Crippen LogP contribution in [0.4, 0.5) is 0 Å². The molecule has 1 aromatic rings. The predicted molar refractivity (Wildman–Crippen MR) is 121 cm³/mol. The topological polar surface area (TPSA) is 62.2 Å². The largest absolute Gasteiger partial charge is 0.459 e. The summed E-state index contributed by atoms with van der Waals surface area (Å²) in [6.45, 7) is 11.0. The molecule has 1 amide bonds. The molecule has 0 aliphatic carbocycles. The van der Waals surface area contributed by atoms with Gasteiger partial charge in [-0.2, -0.15) is 0 Å². The van der Waals surface area contributed by atoms with Crippen LogP contribution in [-0.4, -0.2) is 66.5 Å². The van der Waals surface area contributed by atoms with Crippen molar-refractivity contribution in [2.75, 3.05) is 39.4 Å². The highest BCUT2D eigenvalue weighted by atomic mass is 16.7. The number of aliphatic hydroxyl groups excluding tert-OH is 1. The normalized spacial score (nSPS) is 24.7. The molecule has 0 spiro atoms. The molecule has 0 unspecified atom stereocenters. The van der Waals surface area contributed by atoms with E-state index in [-0.39, 0.29) is 24.3 Å². The molecule has 3 atom stereocenters. The highest BCUT2D eigenvalue weighted by Gasteiger charge is 2.39. The van der Waals surface area contributed by atoms with Crippen LogP contribution in [0.25, 0.3) is 0 Å². The van der Waals surface area contributed by atoms with Crippen molar-refractivity contribution in [2.24, 2.45) is 17.8 Å². The van der Waals surface area contributed by atoms with Crippen molar-refractivity contribution < 1.29 is 19.4 Å². The molecule has 0 saturated carbocycles. The Labute approximate surface area is 186 Å². The average molecular weight is 431 g/mol. The minimum atomic E-state index is -0.438. The molecule has 2 aliphatic heterocycles. The van der Waals surface area contributed by atoms with Crippen LogP contribution in [-0.2, 0) is 20.8 Å². The molecule has 1 N–H and O–H groups in total. The van der Waals surface area contributed by atoms with Crippen LogP contribution < -0.4 is 0 Å². The zero-order chi connectivity index (χ0) is 22.2. The minimum Gasteiger partial charge on any atom is -0.459 e. The van der Waals surface area contributed by atoms with Gasteiger partial charge in [-0.25, -0.2) is 0 Å². The Balaban J connectivity index is 1.64. The van der Waals surface area contributed by atoms with E-state index in [1.54, 1.807) is 0 Å². The molecule has 31 heavy (non-hydrogen) atoms. The SMILES string of the molecule is CCO[C@@H]1OC(C(=O)N2CCN(Cc3ccccc3)CC2)=C[C@H](C(C)C)[C@@H]1CCCO. The third-order valence-corrected chi connectivity index (χ3v) is 6.35. The Hall–Kier alpha value is -1.89. The van der Waals surface area contributed by atoms with Crippen LogP contribution in [0.5, 0.6) is 0 Å². The monoisotopic (exact) mass is 430 g/mol. The minimum absolute atomic E-state index is 0.0321. The van der Waals surface area contributed by atoms with E-state index in [1.807, 2.05) is 24.0 Å². The van der Waals surface area contributed by atoms with E-state index in [2.05, 4.69) is 43.0 Å². The van der Waals surface area contributed by atoms with E-state index in [4.69, 9.17) is 9.47 Å². The lowest BCUT2D eigenvalue weighted by molar-refractivity contribution is -0.178. The van der Waals surface area contributed by atoms with Gasteiger partial charge in [-0.1, -0.05) is 44.2 Å². The molecule has 6 nitrogen and oxygen atoms in total. The Morgan fingerprint density at radius 3 is 2.52 bits per heavy atom. The second-order valence-corrected chi connectivity index (χ2v) is 8.88. The van der Waals surface area contributed by atoms with Crippen LogP contribution in [0.3, 0.4) is 0 Å². The zero-order valence-corrected chi connectivity index (χ0v) is 19.2. The lowest BCUT2D eigenvalue weighted by Crippen LogP contribution is -2.50. The van der Waals surface area contributed by atoms with E-state index in [0.29, 0.717) is 37.8 Å². The molecule has 1 fully saturated rings. The first kappa shape index (κ1) is 23.8. The van der Waals surface area contributed by atoms with Crippen LogP contribution >= 0.6 is 0 Å². The first-order valence-electron chi connectivity index (χ1n) is 11.7. The Morgan fingerprint density at radius 2 is 1.90 bits per heavy atom. The molecule has 0 aromatic heterocycles. The first-order valence-corrected chi connectivity index (χ1v) is 11.7. The molecule has 1 saturated heterocycles. The summed E-state index contributed by atoms with van der Waals surface area (Å²) in [5, 5.41) is 9.30. The fraction of sp³-hybridized carbons (Fsp3) is 0.640. The second-order valence-electron chi connectivity index (χ2n) is 8.88. The van der Waals surface area contributed by atoms with Gasteiger partial charge in [0.2, 0.25) is 6.29 Å². The van der Waals surface area contributed by atoms with Crippen molar-refractivity contribution in [3.8, 4) is 0 Å². The maximum Gasteiger partial charge on any atom is 0.288 e. The summed E-state index contributed by atoms with van der Waals surface area (Å²) in [5.74, 6) is 1.09. The highest BCUT2D eigenvalue weighted by molar-refractivity contribution is 5.91. The number of ether oxygens (including phenoxy) is 2. The molecule has 0 radical (unpaired) electrons. The van der Waals surface area contributed by atoms with Gasteiger partial charge in [0.1, 0.15) is 0 Å². The van der Waals surface area contributed by atoms with Gasteiger partial charge in [-0.3, -0.25) is 9.69 Å². The van der Waals surface area contributed by atoms with Gasteiger partial charge in [0.15, 0.2) is 5.76 Å². The van der Waals surface area contributed by atoms with Crippen molar-refractivity contribution in [2.45, 2.75) is 46.4 Å². The second kappa shape index (κ2) is 11.7. The molecule has 1 aromatic carbocycles. The lowest BCUT2D eigenvalue weighted by Gasteiger charge is -2.40. The molecule has 3 rings (SSSR count). The predicted octanol–water partition coefficient (Wildman–Crippen LogP) is 3.27. The van der Waals surface area contributed by atoms with Crippen LogP contribution in [0.15, 0.2) is 42.2 Å². The summed E-state index contributed by atoms with van der Waals surface area (Å²) in [6, 6.07) is 10.5. The first-order chi connectivity index (χ1) is 15.0. The van der Waals surface area contributed by atoms with Gasteiger partial charge < -0.3 is 19.5 Å². The number of carbonyl (C=O) groups excluding carboxylic acids is 1. The quantitative estimate of drug-likeness (QED) is 0.652. The van der Waals surface area contributed by atoms with Gasteiger partial charge in [-0.15, -0.1) is 0 Å². The van der Waals surface area contributed by atoms with Gasteiger partial charge in [0.25, 0.3) is 5.91 Å². The average Bonchev–Trinajstić information content (AvgIpc) is 2.78. The molecule has 2 aliphatic rings. The van der Waals surface area contributed by atoms with E-state index < -0.39 is 6.29 Å². The van der Waals surface area contributed by atoms with Crippen molar-refractivity contribution in [1.29, 1.82) is 0 Å². The number of benzene rings is 1. The molecular formula is C25H38N2O4. The third kappa shape index (κ3) is 6.31.